The van der Waals surface area contributed by atoms with Gasteiger partial charge >= 0.3 is 0 Å². The van der Waals surface area contributed by atoms with E-state index in [2.05, 4.69) is 11.9 Å². The highest BCUT2D eigenvalue weighted by atomic mass is 16.2. The molecule has 1 saturated heterocycles. The molecule has 1 aromatic carbocycles. The van der Waals surface area contributed by atoms with Crippen LogP contribution in [-0.2, 0) is 0 Å². The molecule has 2 heterocycles. The molecule has 1 aliphatic rings. The molecule has 0 spiro atoms. The molecule has 0 saturated carbocycles. The molecule has 0 aliphatic carbocycles. The van der Waals surface area contributed by atoms with Crippen molar-refractivity contribution in [1.82, 2.24) is 9.88 Å². The van der Waals surface area contributed by atoms with E-state index in [0.717, 1.165) is 35.9 Å². The number of likely N-dealkylation sites (tertiary alicyclic amines) is 1. The molecule has 1 unspecified atom stereocenters. The monoisotopic (exact) mass is 242 g/mol. The van der Waals surface area contributed by atoms with Gasteiger partial charge in [-0.1, -0.05) is 6.07 Å². The van der Waals surface area contributed by atoms with Crippen LogP contribution in [0.5, 0.6) is 0 Å². The predicted molar refractivity (Wildman–Crippen MR) is 72.6 cm³/mol. The number of amides is 1. The molecule has 3 heteroatoms. The van der Waals surface area contributed by atoms with Crippen LogP contribution in [-0.4, -0.2) is 28.4 Å². The number of piperidine rings is 1. The summed E-state index contributed by atoms with van der Waals surface area (Å²) in [6.07, 6.45) is 5.39. The summed E-state index contributed by atoms with van der Waals surface area (Å²) in [6.45, 7) is 3.03. The van der Waals surface area contributed by atoms with Crippen molar-refractivity contribution in [2.24, 2.45) is 0 Å². The Hall–Kier alpha value is -1.77. The number of carbonyl (C=O) groups excluding carboxylic acids is 1. The van der Waals surface area contributed by atoms with Gasteiger partial charge in [0.2, 0.25) is 0 Å². The smallest absolute Gasteiger partial charge is 0.254 e. The Morgan fingerprint density at radius 1 is 1.33 bits per heavy atom. The third-order valence-electron chi connectivity index (χ3n) is 3.87. The number of fused-ring (bicyclic) bond motifs is 1. The average molecular weight is 242 g/mol. The molecule has 0 bridgehead atoms. The van der Waals surface area contributed by atoms with Gasteiger partial charge in [-0.3, -0.25) is 4.79 Å². The summed E-state index contributed by atoms with van der Waals surface area (Å²) in [5.74, 6) is 0.165. The first-order valence-corrected chi connectivity index (χ1v) is 6.64. The van der Waals surface area contributed by atoms with Crippen LogP contribution in [0, 0.1) is 0 Å². The first kappa shape index (κ1) is 11.3. The van der Waals surface area contributed by atoms with Crippen molar-refractivity contribution in [1.29, 1.82) is 0 Å². The molecule has 1 aromatic heterocycles. The van der Waals surface area contributed by atoms with Crippen molar-refractivity contribution in [3.8, 4) is 0 Å². The standard InChI is InChI=1S/C15H18N2O/c1-11-4-2-3-9-17(11)15(18)13-6-5-12-7-8-16-14(12)10-13/h5-8,10-11,16H,2-4,9H2,1H3. The Bertz CT molecular complexity index is 573. The molecule has 1 N–H and O–H groups in total. The third-order valence-corrected chi connectivity index (χ3v) is 3.87. The van der Waals surface area contributed by atoms with Gasteiger partial charge in [0.25, 0.3) is 5.91 Å². The van der Waals surface area contributed by atoms with E-state index in [1.54, 1.807) is 0 Å². The Morgan fingerprint density at radius 2 is 2.22 bits per heavy atom. The molecule has 18 heavy (non-hydrogen) atoms. The summed E-state index contributed by atoms with van der Waals surface area (Å²) < 4.78 is 0. The van der Waals surface area contributed by atoms with E-state index in [0.29, 0.717) is 6.04 Å². The van der Waals surface area contributed by atoms with E-state index in [-0.39, 0.29) is 5.91 Å². The van der Waals surface area contributed by atoms with Gasteiger partial charge in [0, 0.05) is 29.9 Å². The fraction of sp³-hybridized carbons (Fsp3) is 0.400. The second-order valence-corrected chi connectivity index (χ2v) is 5.12. The fourth-order valence-electron chi connectivity index (χ4n) is 2.75. The Labute approximate surface area is 107 Å². The number of hydrogen-bond donors (Lipinski definition) is 1. The Balaban J connectivity index is 1.90. The lowest BCUT2D eigenvalue weighted by Gasteiger charge is -2.33. The van der Waals surface area contributed by atoms with Crippen LogP contribution < -0.4 is 0 Å². The lowest BCUT2D eigenvalue weighted by Crippen LogP contribution is -2.42. The second kappa shape index (κ2) is 4.48. The molecular formula is C15H18N2O. The van der Waals surface area contributed by atoms with E-state index in [9.17, 15) is 4.79 Å². The van der Waals surface area contributed by atoms with Crippen molar-refractivity contribution >= 4 is 16.8 Å². The Kier molecular flexibility index (Phi) is 2.82. The van der Waals surface area contributed by atoms with Gasteiger partial charge in [-0.05, 0) is 49.8 Å². The highest BCUT2D eigenvalue weighted by Crippen LogP contribution is 2.21. The predicted octanol–water partition coefficient (Wildman–Crippen LogP) is 3.18. The van der Waals surface area contributed by atoms with Gasteiger partial charge < -0.3 is 9.88 Å². The minimum Gasteiger partial charge on any atom is -0.361 e. The number of hydrogen-bond acceptors (Lipinski definition) is 1. The first-order chi connectivity index (χ1) is 8.75. The molecule has 0 radical (unpaired) electrons. The molecule has 3 rings (SSSR count). The second-order valence-electron chi connectivity index (χ2n) is 5.12. The van der Waals surface area contributed by atoms with Gasteiger partial charge in [0.1, 0.15) is 0 Å². The van der Waals surface area contributed by atoms with Crippen LogP contribution in [0.2, 0.25) is 0 Å². The van der Waals surface area contributed by atoms with Gasteiger partial charge in [0.05, 0.1) is 0 Å². The molecule has 2 aromatic rings. The number of H-pyrrole nitrogens is 1. The van der Waals surface area contributed by atoms with E-state index in [4.69, 9.17) is 0 Å². The molecular weight excluding hydrogens is 224 g/mol. The molecule has 1 aliphatic heterocycles. The van der Waals surface area contributed by atoms with Gasteiger partial charge in [0.15, 0.2) is 0 Å². The van der Waals surface area contributed by atoms with E-state index < -0.39 is 0 Å². The summed E-state index contributed by atoms with van der Waals surface area (Å²) in [5.41, 5.74) is 1.82. The van der Waals surface area contributed by atoms with Crippen molar-refractivity contribution in [2.75, 3.05) is 6.54 Å². The fourth-order valence-corrected chi connectivity index (χ4v) is 2.75. The van der Waals surface area contributed by atoms with Crippen molar-refractivity contribution < 1.29 is 4.79 Å². The zero-order chi connectivity index (χ0) is 12.5. The van der Waals surface area contributed by atoms with Crippen molar-refractivity contribution in [2.45, 2.75) is 32.2 Å². The number of aromatic amines is 1. The number of nitrogens with zero attached hydrogens (tertiary/aromatic N) is 1. The average Bonchev–Trinajstić information content (AvgIpc) is 2.85. The number of aromatic nitrogens is 1. The van der Waals surface area contributed by atoms with E-state index in [1.165, 1.54) is 6.42 Å². The molecule has 1 fully saturated rings. The third kappa shape index (κ3) is 1.90. The lowest BCUT2D eigenvalue weighted by molar-refractivity contribution is 0.0636. The minimum atomic E-state index is 0.165. The zero-order valence-corrected chi connectivity index (χ0v) is 10.6. The first-order valence-electron chi connectivity index (χ1n) is 6.64. The van der Waals surface area contributed by atoms with Crippen molar-refractivity contribution in [3.05, 3.63) is 36.0 Å². The zero-order valence-electron chi connectivity index (χ0n) is 10.6. The van der Waals surface area contributed by atoms with Gasteiger partial charge in [-0.15, -0.1) is 0 Å². The maximum atomic E-state index is 12.5. The largest absolute Gasteiger partial charge is 0.361 e. The Morgan fingerprint density at radius 3 is 3.06 bits per heavy atom. The van der Waals surface area contributed by atoms with Crippen LogP contribution in [0.25, 0.3) is 10.9 Å². The highest BCUT2D eigenvalue weighted by molar-refractivity contribution is 5.98. The summed E-state index contributed by atoms with van der Waals surface area (Å²) in [7, 11) is 0. The summed E-state index contributed by atoms with van der Waals surface area (Å²) in [6, 6.07) is 8.28. The maximum absolute atomic E-state index is 12.5. The molecule has 1 atom stereocenters. The number of benzene rings is 1. The number of carbonyl (C=O) groups is 1. The van der Waals surface area contributed by atoms with Gasteiger partial charge in [-0.25, -0.2) is 0 Å². The minimum absolute atomic E-state index is 0.165. The van der Waals surface area contributed by atoms with E-state index >= 15 is 0 Å². The van der Waals surface area contributed by atoms with Crippen LogP contribution >= 0.6 is 0 Å². The van der Waals surface area contributed by atoms with Crippen LogP contribution in [0.1, 0.15) is 36.5 Å². The lowest BCUT2D eigenvalue weighted by atomic mass is 10.0. The topological polar surface area (TPSA) is 36.1 Å². The number of nitrogens with one attached hydrogen (secondary N) is 1. The van der Waals surface area contributed by atoms with Crippen LogP contribution in [0.4, 0.5) is 0 Å². The SMILES string of the molecule is CC1CCCCN1C(=O)c1ccc2cc[nH]c2c1. The quantitative estimate of drug-likeness (QED) is 0.819. The summed E-state index contributed by atoms with van der Waals surface area (Å²) in [4.78, 5) is 17.7. The molecule has 3 nitrogen and oxygen atoms in total. The van der Waals surface area contributed by atoms with Gasteiger partial charge in [-0.2, -0.15) is 0 Å². The molecule has 94 valence electrons. The maximum Gasteiger partial charge on any atom is 0.254 e. The van der Waals surface area contributed by atoms with Crippen LogP contribution in [0.3, 0.4) is 0 Å². The summed E-state index contributed by atoms with van der Waals surface area (Å²) >= 11 is 0. The summed E-state index contributed by atoms with van der Waals surface area (Å²) in [5, 5.41) is 1.15. The molecule has 1 amide bonds. The van der Waals surface area contributed by atoms with E-state index in [1.807, 2.05) is 35.4 Å². The normalized spacial score (nSPS) is 20.3. The number of rotatable bonds is 1. The van der Waals surface area contributed by atoms with Crippen LogP contribution in [0.15, 0.2) is 30.5 Å². The van der Waals surface area contributed by atoms with Crippen molar-refractivity contribution in [3.63, 3.8) is 0 Å². The highest BCUT2D eigenvalue weighted by Gasteiger charge is 2.24.